The average molecular weight is 332 g/mol. The Hall–Kier alpha value is -0.810. The Morgan fingerprint density at radius 1 is 1.43 bits per heavy atom. The van der Waals surface area contributed by atoms with Gasteiger partial charge >= 0.3 is 5.97 Å². The Kier molecular flexibility index (Phi) is 5.49. The van der Waals surface area contributed by atoms with E-state index in [2.05, 4.69) is 0 Å². The summed E-state index contributed by atoms with van der Waals surface area (Å²) in [6, 6.07) is 4.63. The second-order valence-corrected chi connectivity index (χ2v) is 6.24. The number of likely N-dealkylation sites (tertiary alicyclic amines) is 1. The van der Waals surface area contributed by atoms with Crippen molar-refractivity contribution < 1.29 is 14.6 Å². The molecule has 0 spiro atoms. The Labute approximate surface area is 134 Å². The van der Waals surface area contributed by atoms with Gasteiger partial charge < -0.3 is 9.84 Å². The monoisotopic (exact) mass is 331 g/mol. The second-order valence-electron chi connectivity index (χ2n) is 5.43. The van der Waals surface area contributed by atoms with Crippen LogP contribution in [-0.4, -0.2) is 42.3 Å². The maximum Gasteiger partial charge on any atom is 0.327 e. The number of rotatable bonds is 3. The number of esters is 1. The predicted molar refractivity (Wildman–Crippen MR) is 82.6 cm³/mol. The molecule has 1 aliphatic rings. The van der Waals surface area contributed by atoms with E-state index in [9.17, 15) is 9.90 Å². The highest BCUT2D eigenvalue weighted by Crippen LogP contribution is 2.31. The summed E-state index contributed by atoms with van der Waals surface area (Å²) in [7, 11) is 1.37. The molecule has 4 nitrogen and oxygen atoms in total. The third-order valence-corrected chi connectivity index (χ3v) is 4.68. The van der Waals surface area contributed by atoms with E-state index in [1.54, 1.807) is 18.2 Å². The number of methoxy groups -OCH3 is 1. The number of carbonyl (C=O) groups excluding carboxylic acids is 1. The van der Waals surface area contributed by atoms with Crippen molar-refractivity contribution in [2.75, 3.05) is 20.2 Å². The Bertz CT molecular complexity index is 524. The molecule has 0 aromatic heterocycles. The summed E-state index contributed by atoms with van der Waals surface area (Å²) in [4.78, 5) is 14.2. The van der Waals surface area contributed by atoms with Gasteiger partial charge in [-0.3, -0.25) is 4.90 Å². The molecule has 1 aliphatic heterocycles. The fourth-order valence-corrected chi connectivity index (χ4v) is 3.00. The van der Waals surface area contributed by atoms with Crippen LogP contribution in [0.25, 0.3) is 0 Å². The van der Waals surface area contributed by atoms with E-state index in [-0.39, 0.29) is 18.0 Å². The fraction of sp³-hybridized carbons (Fsp3) is 0.533. The topological polar surface area (TPSA) is 49.8 Å². The van der Waals surface area contributed by atoms with Gasteiger partial charge in [0.15, 0.2) is 0 Å². The van der Waals surface area contributed by atoms with Crippen molar-refractivity contribution in [3.63, 3.8) is 0 Å². The summed E-state index contributed by atoms with van der Waals surface area (Å²) in [6.45, 7) is 3.23. The summed E-state index contributed by atoms with van der Waals surface area (Å²) in [5.41, 5.74) is 0.750. The van der Waals surface area contributed by atoms with E-state index in [1.807, 2.05) is 11.8 Å². The van der Waals surface area contributed by atoms with Gasteiger partial charge in [-0.2, -0.15) is 0 Å². The lowest BCUT2D eigenvalue weighted by Gasteiger charge is -2.38. The maximum atomic E-state index is 12.2. The molecule has 1 fully saturated rings. The molecule has 6 heteroatoms. The molecule has 0 amide bonds. The summed E-state index contributed by atoms with van der Waals surface area (Å²) in [5.74, 6) is -0.231. The lowest BCUT2D eigenvalue weighted by atomic mass is 9.93. The minimum Gasteiger partial charge on any atom is -0.468 e. The summed E-state index contributed by atoms with van der Waals surface area (Å²) >= 11 is 12.0. The number of benzene rings is 1. The van der Waals surface area contributed by atoms with Gasteiger partial charge in [-0.1, -0.05) is 36.2 Å². The third-order valence-electron chi connectivity index (χ3n) is 3.94. The van der Waals surface area contributed by atoms with Crippen molar-refractivity contribution in [1.29, 1.82) is 0 Å². The number of carbonyl (C=O) groups is 1. The third kappa shape index (κ3) is 3.69. The quantitative estimate of drug-likeness (QED) is 0.865. The Morgan fingerprint density at radius 2 is 2.14 bits per heavy atom. The number of halogens is 2. The van der Waals surface area contributed by atoms with E-state index in [0.29, 0.717) is 29.6 Å². The van der Waals surface area contributed by atoms with Crippen molar-refractivity contribution in [3.05, 3.63) is 33.8 Å². The van der Waals surface area contributed by atoms with Crippen LogP contribution in [0.2, 0.25) is 10.0 Å². The average Bonchev–Trinajstić information content (AvgIpc) is 2.46. The van der Waals surface area contributed by atoms with E-state index >= 15 is 0 Å². The molecule has 1 N–H and O–H groups in total. The highest BCUT2D eigenvalue weighted by atomic mass is 35.5. The molecule has 1 saturated heterocycles. The summed E-state index contributed by atoms with van der Waals surface area (Å²) in [5, 5.41) is 10.7. The van der Waals surface area contributed by atoms with Gasteiger partial charge in [0, 0.05) is 13.1 Å². The Balaban J connectivity index is 2.30. The van der Waals surface area contributed by atoms with Crippen molar-refractivity contribution in [2.45, 2.75) is 25.5 Å². The largest absolute Gasteiger partial charge is 0.468 e. The molecule has 1 aromatic rings. The van der Waals surface area contributed by atoms with Crippen LogP contribution in [0.4, 0.5) is 0 Å². The van der Waals surface area contributed by atoms with Crippen molar-refractivity contribution in [2.24, 2.45) is 5.92 Å². The molecule has 2 rings (SSSR count). The number of hydrogen-bond acceptors (Lipinski definition) is 4. The predicted octanol–water partition coefficient (Wildman–Crippen LogP) is 2.91. The minimum absolute atomic E-state index is 0.105. The molecule has 1 heterocycles. The van der Waals surface area contributed by atoms with E-state index in [0.717, 1.165) is 5.56 Å². The molecule has 0 bridgehead atoms. The molecule has 1 aromatic carbocycles. The van der Waals surface area contributed by atoms with Crippen LogP contribution < -0.4 is 0 Å². The van der Waals surface area contributed by atoms with Crippen LogP contribution in [-0.2, 0) is 9.53 Å². The highest BCUT2D eigenvalue weighted by Gasteiger charge is 2.34. The highest BCUT2D eigenvalue weighted by molar-refractivity contribution is 6.42. The summed E-state index contributed by atoms with van der Waals surface area (Å²) in [6.07, 6.45) is 0.309. The van der Waals surface area contributed by atoms with E-state index < -0.39 is 6.04 Å². The zero-order chi connectivity index (χ0) is 15.6. The second kappa shape index (κ2) is 6.97. The van der Waals surface area contributed by atoms with Gasteiger partial charge in [0.05, 0.1) is 23.3 Å². The number of piperidine rings is 1. The maximum absolute atomic E-state index is 12.2. The number of hydrogen-bond donors (Lipinski definition) is 1. The number of aliphatic hydroxyl groups is 1. The molecule has 3 atom stereocenters. The molecular weight excluding hydrogens is 313 g/mol. The first-order valence-electron chi connectivity index (χ1n) is 6.89. The first-order chi connectivity index (χ1) is 9.93. The molecule has 0 saturated carbocycles. The zero-order valence-electron chi connectivity index (χ0n) is 12.1. The fourth-order valence-electron chi connectivity index (χ4n) is 2.69. The van der Waals surface area contributed by atoms with Crippen LogP contribution in [0.15, 0.2) is 18.2 Å². The molecule has 0 aliphatic carbocycles. The van der Waals surface area contributed by atoms with Gasteiger partial charge in [-0.15, -0.1) is 0 Å². The van der Waals surface area contributed by atoms with Gasteiger partial charge in [0.2, 0.25) is 0 Å². The van der Waals surface area contributed by atoms with Crippen molar-refractivity contribution >= 4 is 29.2 Å². The van der Waals surface area contributed by atoms with Gasteiger partial charge in [-0.05, 0) is 30.0 Å². The van der Waals surface area contributed by atoms with Gasteiger partial charge in [-0.25, -0.2) is 4.79 Å². The van der Waals surface area contributed by atoms with Crippen LogP contribution >= 0.6 is 23.2 Å². The first kappa shape index (κ1) is 16.6. The first-order valence-corrected chi connectivity index (χ1v) is 7.64. The molecule has 0 radical (unpaired) electrons. The van der Waals surface area contributed by atoms with Crippen molar-refractivity contribution in [3.8, 4) is 0 Å². The normalized spacial score (nSPS) is 24.6. The lowest BCUT2D eigenvalue weighted by molar-refractivity contribution is -0.149. The summed E-state index contributed by atoms with van der Waals surface area (Å²) < 4.78 is 4.93. The van der Waals surface area contributed by atoms with Gasteiger partial charge in [0.25, 0.3) is 0 Å². The number of ether oxygens (including phenoxy) is 1. The smallest absolute Gasteiger partial charge is 0.327 e. The standard InChI is InChI=1S/C15H19Cl2NO3/c1-9-8-18(6-5-13(9)19)14(15(20)21-2)10-3-4-11(16)12(17)7-10/h3-4,7,9,13-14,19H,5-6,8H2,1-2H3/t9-,13+,14+/m1/s1. The SMILES string of the molecule is COC(=O)[C@H](c1ccc(Cl)c(Cl)c1)N1CC[C@H](O)[C@H](C)C1. The van der Waals surface area contributed by atoms with Crippen molar-refractivity contribution in [1.82, 2.24) is 4.90 Å². The van der Waals surface area contributed by atoms with Crippen LogP contribution in [0.1, 0.15) is 24.9 Å². The van der Waals surface area contributed by atoms with Crippen LogP contribution in [0.5, 0.6) is 0 Å². The lowest BCUT2D eigenvalue weighted by Crippen LogP contribution is -2.46. The zero-order valence-corrected chi connectivity index (χ0v) is 13.6. The van der Waals surface area contributed by atoms with Crippen LogP contribution in [0.3, 0.4) is 0 Å². The molecule has 21 heavy (non-hydrogen) atoms. The molecule has 116 valence electrons. The number of aliphatic hydroxyl groups excluding tert-OH is 1. The molecule has 0 unspecified atom stereocenters. The van der Waals surface area contributed by atoms with E-state index in [1.165, 1.54) is 7.11 Å². The number of nitrogens with zero attached hydrogens (tertiary/aromatic N) is 1. The minimum atomic E-state index is -0.528. The van der Waals surface area contributed by atoms with Gasteiger partial charge in [0.1, 0.15) is 6.04 Å². The van der Waals surface area contributed by atoms with E-state index in [4.69, 9.17) is 27.9 Å². The molecular formula is C15H19Cl2NO3. The van der Waals surface area contributed by atoms with Crippen LogP contribution in [0, 0.1) is 5.92 Å². The Morgan fingerprint density at radius 3 is 2.71 bits per heavy atom.